The van der Waals surface area contributed by atoms with Crippen molar-refractivity contribution >= 4 is 23.4 Å². The molecule has 0 amide bonds. The molecule has 0 saturated heterocycles. The third-order valence-electron chi connectivity index (χ3n) is 3.36. The van der Waals surface area contributed by atoms with Gasteiger partial charge in [-0.2, -0.15) is 0 Å². The monoisotopic (exact) mass is 267 g/mol. The first-order chi connectivity index (χ1) is 8.35. The molecule has 0 saturated carbocycles. The first-order valence-electron chi connectivity index (χ1n) is 6.06. The third kappa shape index (κ3) is 4.27. The van der Waals surface area contributed by atoms with Gasteiger partial charge in [0.25, 0.3) is 0 Å². The molecular formula is C14H21NO2S. The van der Waals surface area contributed by atoms with Gasteiger partial charge < -0.3 is 5.11 Å². The van der Waals surface area contributed by atoms with E-state index in [0.29, 0.717) is 0 Å². The topological polar surface area (TPSA) is 40.5 Å². The molecule has 1 aromatic rings. The van der Waals surface area contributed by atoms with Crippen LogP contribution in [0.1, 0.15) is 36.9 Å². The molecule has 100 valence electrons. The van der Waals surface area contributed by atoms with E-state index >= 15 is 0 Å². The van der Waals surface area contributed by atoms with Crippen LogP contribution in [0.3, 0.4) is 0 Å². The minimum atomic E-state index is -0.908. The lowest BCUT2D eigenvalue weighted by Gasteiger charge is -2.34. The Bertz CT molecular complexity index is 435. The lowest BCUT2D eigenvalue weighted by Crippen LogP contribution is -2.39. The molecule has 0 radical (unpaired) electrons. The van der Waals surface area contributed by atoms with Gasteiger partial charge in [-0.1, -0.05) is 6.92 Å². The van der Waals surface area contributed by atoms with Crippen molar-refractivity contribution in [2.24, 2.45) is 0 Å². The summed E-state index contributed by atoms with van der Waals surface area (Å²) in [6.07, 6.45) is 3.91. The van der Waals surface area contributed by atoms with Gasteiger partial charge in [-0.3, -0.25) is 4.90 Å². The van der Waals surface area contributed by atoms with Crippen molar-refractivity contribution in [1.82, 2.24) is 4.90 Å². The fourth-order valence-electron chi connectivity index (χ4n) is 1.44. The van der Waals surface area contributed by atoms with Crippen LogP contribution in [0.5, 0.6) is 0 Å². The molecule has 1 aromatic heterocycles. The summed E-state index contributed by atoms with van der Waals surface area (Å²) in [6, 6.07) is 4.03. The van der Waals surface area contributed by atoms with Gasteiger partial charge in [0.1, 0.15) is 0 Å². The van der Waals surface area contributed by atoms with Gasteiger partial charge in [-0.15, -0.1) is 11.3 Å². The van der Waals surface area contributed by atoms with Gasteiger partial charge in [-0.25, -0.2) is 4.79 Å². The Morgan fingerprint density at radius 1 is 1.50 bits per heavy atom. The SMILES string of the molecule is CCC(C)(C)N(C)Cc1ccc(C=CC(=O)O)s1. The van der Waals surface area contributed by atoms with Gasteiger partial charge in [0.05, 0.1) is 0 Å². The Labute approximate surface area is 113 Å². The number of hydrogen-bond donors (Lipinski definition) is 1. The fourth-order valence-corrected chi connectivity index (χ4v) is 2.41. The van der Waals surface area contributed by atoms with Crippen molar-refractivity contribution in [2.45, 2.75) is 39.3 Å². The van der Waals surface area contributed by atoms with Gasteiger partial charge in [0.15, 0.2) is 0 Å². The van der Waals surface area contributed by atoms with Crippen LogP contribution in [0, 0.1) is 0 Å². The smallest absolute Gasteiger partial charge is 0.328 e. The summed E-state index contributed by atoms with van der Waals surface area (Å²) in [5, 5.41) is 8.58. The highest BCUT2D eigenvalue weighted by Crippen LogP contribution is 2.24. The number of thiophene rings is 1. The average Bonchev–Trinajstić information content (AvgIpc) is 2.74. The van der Waals surface area contributed by atoms with Crippen LogP contribution in [-0.2, 0) is 11.3 Å². The predicted molar refractivity (Wildman–Crippen MR) is 76.8 cm³/mol. The Hall–Kier alpha value is -1.13. The van der Waals surface area contributed by atoms with Crippen molar-refractivity contribution < 1.29 is 9.90 Å². The molecule has 3 nitrogen and oxygen atoms in total. The molecule has 4 heteroatoms. The van der Waals surface area contributed by atoms with Gasteiger partial charge in [-0.05, 0) is 45.5 Å². The zero-order valence-electron chi connectivity index (χ0n) is 11.4. The molecule has 1 rings (SSSR count). The van der Waals surface area contributed by atoms with Crippen molar-refractivity contribution in [1.29, 1.82) is 0 Å². The van der Waals surface area contributed by atoms with E-state index in [4.69, 9.17) is 5.11 Å². The fraction of sp³-hybridized carbons (Fsp3) is 0.500. The second-order valence-electron chi connectivity index (χ2n) is 5.00. The number of hydrogen-bond acceptors (Lipinski definition) is 3. The molecule has 0 fully saturated rings. The Morgan fingerprint density at radius 3 is 2.72 bits per heavy atom. The summed E-state index contributed by atoms with van der Waals surface area (Å²) in [6.45, 7) is 7.54. The largest absolute Gasteiger partial charge is 0.478 e. The first kappa shape index (κ1) is 14.9. The minimum absolute atomic E-state index is 0.182. The lowest BCUT2D eigenvalue weighted by molar-refractivity contribution is -0.131. The quantitative estimate of drug-likeness (QED) is 0.802. The van der Waals surface area contributed by atoms with E-state index in [9.17, 15) is 4.79 Å². The standard InChI is InChI=1S/C14H21NO2S/c1-5-14(2,3)15(4)10-12-7-6-11(18-12)8-9-13(16)17/h6-9H,5,10H2,1-4H3,(H,16,17). The molecule has 0 spiro atoms. The van der Waals surface area contributed by atoms with Crippen molar-refractivity contribution in [2.75, 3.05) is 7.05 Å². The van der Waals surface area contributed by atoms with E-state index in [2.05, 4.69) is 38.8 Å². The highest BCUT2D eigenvalue weighted by molar-refractivity contribution is 7.12. The summed E-state index contributed by atoms with van der Waals surface area (Å²) < 4.78 is 0. The molecule has 0 aliphatic heterocycles. The second-order valence-corrected chi connectivity index (χ2v) is 6.20. The summed E-state index contributed by atoms with van der Waals surface area (Å²) in [7, 11) is 2.12. The maximum atomic E-state index is 10.4. The van der Waals surface area contributed by atoms with Crippen LogP contribution in [-0.4, -0.2) is 28.6 Å². The van der Waals surface area contributed by atoms with Crippen molar-refractivity contribution in [3.05, 3.63) is 28.0 Å². The maximum Gasteiger partial charge on any atom is 0.328 e. The highest BCUT2D eigenvalue weighted by atomic mass is 32.1. The molecule has 0 atom stereocenters. The molecule has 0 unspecified atom stereocenters. The Kier molecular flexibility index (Phi) is 5.11. The van der Waals surface area contributed by atoms with Crippen molar-refractivity contribution in [3.63, 3.8) is 0 Å². The van der Waals surface area contributed by atoms with E-state index in [-0.39, 0.29) is 5.54 Å². The minimum Gasteiger partial charge on any atom is -0.478 e. The number of nitrogens with zero attached hydrogens (tertiary/aromatic N) is 1. The Morgan fingerprint density at radius 2 is 2.17 bits per heavy atom. The second kappa shape index (κ2) is 6.16. The van der Waals surface area contributed by atoms with Gasteiger partial charge >= 0.3 is 5.97 Å². The van der Waals surface area contributed by atoms with Crippen LogP contribution in [0.2, 0.25) is 0 Å². The lowest BCUT2D eigenvalue weighted by atomic mass is 10.00. The van der Waals surface area contributed by atoms with Crippen LogP contribution < -0.4 is 0 Å². The van der Waals surface area contributed by atoms with E-state index in [1.165, 1.54) is 11.0 Å². The van der Waals surface area contributed by atoms with E-state index < -0.39 is 5.97 Å². The summed E-state index contributed by atoms with van der Waals surface area (Å²) in [5.41, 5.74) is 0.182. The molecule has 18 heavy (non-hydrogen) atoms. The summed E-state index contributed by atoms with van der Waals surface area (Å²) >= 11 is 1.64. The predicted octanol–water partition coefficient (Wildman–Crippen LogP) is 3.47. The van der Waals surface area contributed by atoms with Crippen LogP contribution in [0.15, 0.2) is 18.2 Å². The average molecular weight is 267 g/mol. The number of rotatable bonds is 6. The number of aliphatic carboxylic acids is 1. The molecule has 0 aromatic carbocycles. The Balaban J connectivity index is 2.67. The first-order valence-corrected chi connectivity index (χ1v) is 6.88. The van der Waals surface area contributed by atoms with Crippen LogP contribution in [0.25, 0.3) is 6.08 Å². The molecular weight excluding hydrogens is 246 g/mol. The van der Waals surface area contributed by atoms with E-state index in [1.54, 1.807) is 17.4 Å². The normalized spacial score (nSPS) is 12.5. The molecule has 0 aliphatic carbocycles. The van der Waals surface area contributed by atoms with Crippen LogP contribution >= 0.6 is 11.3 Å². The van der Waals surface area contributed by atoms with Gasteiger partial charge in [0, 0.05) is 27.9 Å². The zero-order chi connectivity index (χ0) is 13.8. The molecule has 0 aliphatic rings. The number of carboxylic acid groups (broad SMARTS) is 1. The molecule has 0 bridgehead atoms. The van der Waals surface area contributed by atoms with E-state index in [0.717, 1.165) is 17.8 Å². The summed E-state index contributed by atoms with van der Waals surface area (Å²) in [5.74, 6) is -0.908. The maximum absolute atomic E-state index is 10.4. The third-order valence-corrected chi connectivity index (χ3v) is 4.40. The van der Waals surface area contributed by atoms with E-state index in [1.807, 2.05) is 6.07 Å². The number of carboxylic acids is 1. The highest BCUT2D eigenvalue weighted by Gasteiger charge is 2.21. The van der Waals surface area contributed by atoms with Gasteiger partial charge in [0.2, 0.25) is 0 Å². The molecule has 1 heterocycles. The number of carbonyl (C=O) groups is 1. The zero-order valence-corrected chi connectivity index (χ0v) is 12.3. The van der Waals surface area contributed by atoms with Crippen LogP contribution in [0.4, 0.5) is 0 Å². The summed E-state index contributed by atoms with van der Waals surface area (Å²) in [4.78, 5) is 15.0. The molecule has 1 N–H and O–H groups in total. The van der Waals surface area contributed by atoms with Crippen molar-refractivity contribution in [3.8, 4) is 0 Å².